The molecule has 1 aromatic rings. The van der Waals surface area contributed by atoms with E-state index in [4.69, 9.17) is 9.15 Å². The van der Waals surface area contributed by atoms with Gasteiger partial charge in [0, 0.05) is 29.1 Å². The maximum Gasteiger partial charge on any atom is 0.303 e. The second-order valence-corrected chi connectivity index (χ2v) is 10.2. The molecule has 1 aliphatic heterocycles. The Balaban J connectivity index is 1.70. The minimum atomic E-state index is -0.957. The van der Waals surface area contributed by atoms with Crippen molar-refractivity contribution in [3.63, 3.8) is 0 Å². The molecule has 1 aromatic heterocycles. The Morgan fingerprint density at radius 2 is 2.00 bits per heavy atom. The first-order valence-electron chi connectivity index (χ1n) is 11.1. The van der Waals surface area contributed by atoms with Crippen molar-refractivity contribution in [2.24, 2.45) is 22.7 Å². The topological polar surface area (TPSA) is 97.0 Å². The summed E-state index contributed by atoms with van der Waals surface area (Å²) in [6, 6.07) is 1.95. The zero-order valence-corrected chi connectivity index (χ0v) is 18.4. The Hall–Kier alpha value is -2.18. The van der Waals surface area contributed by atoms with Crippen molar-refractivity contribution in [2.75, 3.05) is 0 Å². The van der Waals surface area contributed by atoms with Gasteiger partial charge in [0.25, 0.3) is 0 Å². The lowest BCUT2D eigenvalue weighted by Crippen LogP contribution is -2.65. The predicted octanol–water partition coefficient (Wildman–Crippen LogP) is 3.86. The first-order chi connectivity index (χ1) is 14.6. The van der Waals surface area contributed by atoms with Crippen molar-refractivity contribution in [3.05, 3.63) is 47.0 Å². The number of aliphatic hydroxyl groups excluding tert-OH is 1. The molecule has 4 aliphatic rings. The van der Waals surface area contributed by atoms with Crippen LogP contribution in [0.5, 0.6) is 0 Å². The van der Waals surface area contributed by atoms with E-state index in [0.29, 0.717) is 0 Å². The van der Waals surface area contributed by atoms with Crippen LogP contribution in [0.25, 0.3) is 0 Å². The number of ketones is 1. The van der Waals surface area contributed by atoms with Gasteiger partial charge in [-0.1, -0.05) is 31.1 Å². The molecule has 0 unspecified atom stereocenters. The van der Waals surface area contributed by atoms with Crippen LogP contribution in [0.3, 0.4) is 0 Å². The van der Waals surface area contributed by atoms with Gasteiger partial charge in [0.1, 0.15) is 5.78 Å². The lowest BCUT2D eigenvalue weighted by Gasteiger charge is -2.59. The minimum absolute atomic E-state index is 0.0131. The van der Waals surface area contributed by atoms with Crippen LogP contribution in [-0.2, 0) is 14.3 Å². The minimum Gasteiger partial charge on any atom is -0.481 e. The summed E-state index contributed by atoms with van der Waals surface area (Å²) in [5, 5.41) is 21.4. The van der Waals surface area contributed by atoms with E-state index < -0.39 is 40.8 Å². The van der Waals surface area contributed by atoms with E-state index in [1.807, 2.05) is 32.9 Å². The van der Waals surface area contributed by atoms with E-state index in [1.54, 1.807) is 12.5 Å². The third-order valence-corrected chi connectivity index (χ3v) is 8.97. The summed E-state index contributed by atoms with van der Waals surface area (Å²) in [5.74, 6) is -1.68. The number of carboxylic acid groups (broad SMARTS) is 1. The maximum atomic E-state index is 13.4. The number of carbonyl (C=O) groups excluding carboxylic acids is 1. The zero-order chi connectivity index (χ0) is 22.3. The normalized spacial score (nSPS) is 44.0. The number of furan rings is 1. The fourth-order valence-electron chi connectivity index (χ4n) is 7.68. The molecule has 0 spiro atoms. The number of rotatable bonds is 3. The summed E-state index contributed by atoms with van der Waals surface area (Å²) in [5.41, 5.74) is 2.57. The molecule has 0 aromatic carbocycles. The number of ether oxygens (including phenoxy) is 1. The second kappa shape index (κ2) is 6.66. The van der Waals surface area contributed by atoms with Gasteiger partial charge in [0.15, 0.2) is 0 Å². The van der Waals surface area contributed by atoms with Crippen molar-refractivity contribution >= 4 is 11.8 Å². The molecule has 166 valence electrons. The van der Waals surface area contributed by atoms with Crippen LogP contribution in [0, 0.1) is 22.7 Å². The lowest BCUT2D eigenvalue weighted by atomic mass is 9.44. The highest BCUT2D eigenvalue weighted by atomic mass is 16.5. The van der Waals surface area contributed by atoms with Gasteiger partial charge in [0.2, 0.25) is 0 Å². The number of Topliss-reactive ketones (excluding diaryl/α,β-unsaturated/α-hetero) is 1. The second-order valence-electron chi connectivity index (χ2n) is 10.2. The Kier molecular flexibility index (Phi) is 4.45. The number of aliphatic carboxylic acids is 1. The SMILES string of the molecule is CC1=CCC(=O)[C@]2(C)[C@@H](CC(=O)O)[C@@]3(C)C4=C(C)[C@H](c5ccoc5)C[C@@H]4O[C@@H]3[C@@H](O)[C@H]12. The Morgan fingerprint density at radius 3 is 2.65 bits per heavy atom. The van der Waals surface area contributed by atoms with Gasteiger partial charge in [-0.15, -0.1) is 0 Å². The molecular weight excluding hydrogens is 396 g/mol. The fourth-order valence-corrected chi connectivity index (χ4v) is 7.68. The molecule has 0 bridgehead atoms. The van der Waals surface area contributed by atoms with Gasteiger partial charge in [0.05, 0.1) is 37.3 Å². The molecule has 31 heavy (non-hydrogen) atoms. The molecule has 6 nitrogen and oxygen atoms in total. The molecule has 1 saturated carbocycles. The van der Waals surface area contributed by atoms with Crippen LogP contribution in [0.15, 0.2) is 45.8 Å². The molecule has 0 amide bonds. The number of hydrogen-bond acceptors (Lipinski definition) is 5. The molecule has 8 atom stereocenters. The predicted molar refractivity (Wildman–Crippen MR) is 112 cm³/mol. The first kappa shape index (κ1) is 20.7. The Morgan fingerprint density at radius 1 is 1.26 bits per heavy atom. The average Bonchev–Trinajstić information content (AvgIpc) is 3.39. The summed E-state index contributed by atoms with van der Waals surface area (Å²) in [4.78, 5) is 25.4. The van der Waals surface area contributed by atoms with Gasteiger partial charge >= 0.3 is 5.97 Å². The molecule has 2 N–H and O–H groups in total. The van der Waals surface area contributed by atoms with Crippen molar-refractivity contribution in [1.82, 2.24) is 0 Å². The summed E-state index contributed by atoms with van der Waals surface area (Å²) < 4.78 is 11.8. The van der Waals surface area contributed by atoms with Crippen molar-refractivity contribution in [2.45, 2.75) is 71.2 Å². The molecule has 3 aliphatic carbocycles. The molecule has 1 saturated heterocycles. The summed E-state index contributed by atoms with van der Waals surface area (Å²) in [7, 11) is 0. The number of carbonyl (C=O) groups is 2. The van der Waals surface area contributed by atoms with E-state index >= 15 is 0 Å². The monoisotopic (exact) mass is 426 g/mol. The van der Waals surface area contributed by atoms with Gasteiger partial charge < -0.3 is 19.4 Å². The number of aliphatic hydroxyl groups is 1. The Labute approximate surface area is 182 Å². The molecule has 2 fully saturated rings. The molecule has 5 rings (SSSR count). The smallest absolute Gasteiger partial charge is 0.303 e. The van der Waals surface area contributed by atoms with Gasteiger partial charge in [-0.05, 0) is 43.4 Å². The number of carboxylic acids is 1. The third kappa shape index (κ3) is 2.52. The number of fused-ring (bicyclic) bond motifs is 4. The standard InChI is InChI=1S/C25H30O6/c1-12-5-6-18(26)24(3)17(10-19(27)28)25(4)21-13(2)15(14-7-8-30-11-14)9-16(21)31-23(25)22(29)20(12)24/h5,7-8,11,15-17,20,22-23,29H,6,9-10H2,1-4H3,(H,27,28)/t15-,16+,17-,20+,22+,23-,24+,25+/m1/s1. The molecule has 2 heterocycles. The third-order valence-electron chi connectivity index (χ3n) is 8.97. The van der Waals surface area contributed by atoms with Gasteiger partial charge in [-0.25, -0.2) is 0 Å². The van der Waals surface area contributed by atoms with Crippen molar-refractivity contribution in [1.29, 1.82) is 0 Å². The fraction of sp³-hybridized carbons (Fsp3) is 0.600. The van der Waals surface area contributed by atoms with Crippen LogP contribution in [0.2, 0.25) is 0 Å². The quantitative estimate of drug-likeness (QED) is 0.713. The summed E-state index contributed by atoms with van der Waals surface area (Å²) in [6.45, 7) is 7.92. The van der Waals surface area contributed by atoms with Crippen LogP contribution in [0.1, 0.15) is 58.4 Å². The summed E-state index contributed by atoms with van der Waals surface area (Å²) in [6.07, 6.45) is 4.59. The van der Waals surface area contributed by atoms with E-state index in [-0.39, 0.29) is 30.6 Å². The van der Waals surface area contributed by atoms with E-state index in [1.165, 1.54) is 0 Å². The first-order valence-corrected chi connectivity index (χ1v) is 11.1. The highest BCUT2D eigenvalue weighted by Crippen LogP contribution is 2.68. The van der Waals surface area contributed by atoms with Crippen molar-refractivity contribution < 1.29 is 29.0 Å². The highest BCUT2D eigenvalue weighted by molar-refractivity contribution is 5.89. The van der Waals surface area contributed by atoms with E-state index in [0.717, 1.165) is 28.7 Å². The van der Waals surface area contributed by atoms with E-state index in [2.05, 4.69) is 6.92 Å². The summed E-state index contributed by atoms with van der Waals surface area (Å²) >= 11 is 0. The number of hydrogen-bond donors (Lipinski definition) is 2. The number of allylic oxidation sites excluding steroid dienone is 2. The van der Waals surface area contributed by atoms with Crippen LogP contribution < -0.4 is 0 Å². The lowest BCUT2D eigenvalue weighted by molar-refractivity contribution is -0.189. The molecule has 0 radical (unpaired) electrons. The van der Waals surface area contributed by atoms with Crippen molar-refractivity contribution in [3.8, 4) is 0 Å². The van der Waals surface area contributed by atoms with E-state index in [9.17, 15) is 19.8 Å². The highest BCUT2D eigenvalue weighted by Gasteiger charge is 2.71. The zero-order valence-electron chi connectivity index (χ0n) is 18.4. The van der Waals surface area contributed by atoms with Crippen LogP contribution in [0.4, 0.5) is 0 Å². The largest absolute Gasteiger partial charge is 0.481 e. The molecule has 6 heteroatoms. The van der Waals surface area contributed by atoms with Crippen LogP contribution in [-0.4, -0.2) is 40.3 Å². The Bertz CT molecular complexity index is 1000. The average molecular weight is 427 g/mol. The van der Waals surface area contributed by atoms with Crippen LogP contribution >= 0.6 is 0 Å². The van der Waals surface area contributed by atoms with Gasteiger partial charge in [-0.2, -0.15) is 0 Å². The van der Waals surface area contributed by atoms with Gasteiger partial charge in [-0.3, -0.25) is 9.59 Å². The molecular formula is C25H30O6. The maximum absolute atomic E-state index is 13.4.